The number of nitrogens with one attached hydrogen (secondary N) is 1. The van der Waals surface area contributed by atoms with Gasteiger partial charge in [0.2, 0.25) is 0 Å². The Labute approximate surface area is 115 Å². The van der Waals surface area contributed by atoms with Crippen LogP contribution in [0.15, 0.2) is 18.2 Å². The van der Waals surface area contributed by atoms with Crippen molar-refractivity contribution in [1.82, 2.24) is 5.32 Å². The van der Waals surface area contributed by atoms with Crippen LogP contribution >= 0.6 is 0 Å². The maximum Gasteiger partial charge on any atom is 0.126 e. The van der Waals surface area contributed by atoms with Crippen LogP contribution in [0, 0.1) is 23.0 Å². The molecule has 0 aliphatic heterocycles. The maximum atomic E-state index is 13.7. The van der Waals surface area contributed by atoms with Gasteiger partial charge in [0.1, 0.15) is 11.6 Å². The predicted octanol–water partition coefficient (Wildman–Crippen LogP) is 4.17. The monoisotopic (exact) mass is 269 g/mol. The summed E-state index contributed by atoms with van der Waals surface area (Å²) in [5.74, 6) is -0.410. The van der Waals surface area contributed by atoms with Crippen molar-refractivity contribution in [3.8, 4) is 0 Å². The first-order chi connectivity index (χ1) is 8.84. The highest BCUT2D eigenvalue weighted by Gasteiger charge is 2.25. The van der Waals surface area contributed by atoms with Crippen LogP contribution in [-0.2, 0) is 6.42 Å². The van der Waals surface area contributed by atoms with Crippen LogP contribution < -0.4 is 5.32 Å². The van der Waals surface area contributed by atoms with E-state index in [1.165, 1.54) is 18.2 Å². The molecule has 3 heteroatoms. The van der Waals surface area contributed by atoms with Crippen LogP contribution in [0.5, 0.6) is 0 Å². The zero-order valence-electron chi connectivity index (χ0n) is 12.4. The molecule has 1 atom stereocenters. The lowest BCUT2D eigenvalue weighted by atomic mass is 9.77. The van der Waals surface area contributed by atoms with Gasteiger partial charge in [0.15, 0.2) is 0 Å². The highest BCUT2D eigenvalue weighted by Crippen LogP contribution is 2.29. The lowest BCUT2D eigenvalue weighted by molar-refractivity contribution is 0.229. The predicted molar refractivity (Wildman–Crippen MR) is 76.2 cm³/mol. The first kappa shape index (κ1) is 16.1. The molecule has 0 aromatic heterocycles. The van der Waals surface area contributed by atoms with Gasteiger partial charge in [-0.1, -0.05) is 27.7 Å². The van der Waals surface area contributed by atoms with Crippen LogP contribution in [0.4, 0.5) is 8.78 Å². The minimum Gasteiger partial charge on any atom is -0.316 e. The average molecular weight is 269 g/mol. The molecule has 19 heavy (non-hydrogen) atoms. The van der Waals surface area contributed by atoms with Crippen molar-refractivity contribution >= 4 is 0 Å². The molecule has 1 aromatic carbocycles. The van der Waals surface area contributed by atoms with E-state index >= 15 is 0 Å². The zero-order chi connectivity index (χ0) is 14.5. The molecule has 1 rings (SSSR count). The van der Waals surface area contributed by atoms with Crippen molar-refractivity contribution in [3.05, 3.63) is 35.4 Å². The van der Waals surface area contributed by atoms with Gasteiger partial charge in [-0.05, 0) is 61.0 Å². The lowest BCUT2D eigenvalue weighted by Crippen LogP contribution is -2.34. The molecule has 0 aliphatic rings. The van der Waals surface area contributed by atoms with Gasteiger partial charge in [0.05, 0.1) is 0 Å². The fourth-order valence-electron chi connectivity index (χ4n) is 2.10. The Morgan fingerprint density at radius 2 is 1.89 bits per heavy atom. The summed E-state index contributed by atoms with van der Waals surface area (Å²) in [7, 11) is 0. The second-order valence-electron chi connectivity index (χ2n) is 6.21. The van der Waals surface area contributed by atoms with E-state index < -0.39 is 0 Å². The number of halogens is 2. The van der Waals surface area contributed by atoms with E-state index in [0.717, 1.165) is 19.5 Å². The van der Waals surface area contributed by atoms with E-state index in [2.05, 4.69) is 33.0 Å². The molecule has 1 aromatic rings. The van der Waals surface area contributed by atoms with E-state index in [9.17, 15) is 8.78 Å². The maximum absolute atomic E-state index is 13.7. The normalized spacial score (nSPS) is 13.6. The number of hydrogen-bond donors (Lipinski definition) is 1. The molecule has 0 spiro atoms. The second-order valence-corrected chi connectivity index (χ2v) is 6.21. The van der Waals surface area contributed by atoms with Crippen molar-refractivity contribution in [2.75, 3.05) is 13.1 Å². The SMILES string of the molecule is CCCNCC(Cc1cc(F)ccc1F)C(C)(C)C. The van der Waals surface area contributed by atoms with Crippen molar-refractivity contribution in [2.45, 2.75) is 40.5 Å². The lowest BCUT2D eigenvalue weighted by Gasteiger charge is -2.31. The van der Waals surface area contributed by atoms with Crippen molar-refractivity contribution in [3.63, 3.8) is 0 Å². The Bertz CT molecular complexity index is 396. The molecule has 0 amide bonds. The van der Waals surface area contributed by atoms with Crippen LogP contribution in [0.1, 0.15) is 39.7 Å². The fraction of sp³-hybridized carbons (Fsp3) is 0.625. The van der Waals surface area contributed by atoms with Gasteiger partial charge in [-0.3, -0.25) is 0 Å². The number of hydrogen-bond acceptors (Lipinski definition) is 1. The molecule has 1 N–H and O–H groups in total. The molecule has 0 heterocycles. The molecule has 1 nitrogen and oxygen atoms in total. The summed E-state index contributed by atoms with van der Waals surface area (Å²) >= 11 is 0. The fourth-order valence-corrected chi connectivity index (χ4v) is 2.10. The van der Waals surface area contributed by atoms with Gasteiger partial charge in [-0.25, -0.2) is 8.78 Å². The van der Waals surface area contributed by atoms with Gasteiger partial charge < -0.3 is 5.32 Å². The molecule has 0 saturated heterocycles. The molecule has 0 radical (unpaired) electrons. The highest BCUT2D eigenvalue weighted by atomic mass is 19.1. The third-order valence-corrected chi connectivity index (χ3v) is 3.52. The Kier molecular flexibility index (Phi) is 5.92. The van der Waals surface area contributed by atoms with E-state index in [4.69, 9.17) is 0 Å². The summed E-state index contributed by atoms with van der Waals surface area (Å²) in [6.07, 6.45) is 1.63. The number of benzene rings is 1. The molecular formula is C16H25F2N. The zero-order valence-corrected chi connectivity index (χ0v) is 12.4. The molecule has 0 bridgehead atoms. The Morgan fingerprint density at radius 3 is 2.47 bits per heavy atom. The molecule has 1 unspecified atom stereocenters. The summed E-state index contributed by atoms with van der Waals surface area (Å²) in [5, 5.41) is 3.38. The molecule has 0 fully saturated rings. The van der Waals surface area contributed by atoms with Crippen molar-refractivity contribution in [1.29, 1.82) is 0 Å². The van der Waals surface area contributed by atoms with E-state index in [1.54, 1.807) is 0 Å². The quantitative estimate of drug-likeness (QED) is 0.764. The van der Waals surface area contributed by atoms with Crippen molar-refractivity contribution < 1.29 is 8.78 Å². The summed E-state index contributed by atoms with van der Waals surface area (Å²) < 4.78 is 26.9. The molecule has 0 aliphatic carbocycles. The third kappa shape index (κ3) is 5.27. The number of rotatable bonds is 6. The highest BCUT2D eigenvalue weighted by molar-refractivity contribution is 5.19. The standard InChI is InChI=1S/C16H25F2N/c1-5-8-19-11-13(16(2,3)4)9-12-10-14(17)6-7-15(12)18/h6-7,10,13,19H,5,8-9,11H2,1-4H3. The molecule has 0 saturated carbocycles. The first-order valence-electron chi connectivity index (χ1n) is 6.99. The van der Waals surface area contributed by atoms with Gasteiger partial charge in [-0.2, -0.15) is 0 Å². The summed E-state index contributed by atoms with van der Waals surface area (Å²) in [6, 6.07) is 3.69. The summed E-state index contributed by atoms with van der Waals surface area (Å²) in [4.78, 5) is 0. The minimum absolute atomic E-state index is 0.0551. The largest absolute Gasteiger partial charge is 0.316 e. The summed E-state index contributed by atoms with van der Waals surface area (Å²) in [6.45, 7) is 10.3. The molecular weight excluding hydrogens is 244 g/mol. The van der Waals surface area contributed by atoms with E-state index in [-0.39, 0.29) is 23.0 Å². The topological polar surface area (TPSA) is 12.0 Å². The second kappa shape index (κ2) is 6.99. The minimum atomic E-state index is -0.370. The van der Waals surface area contributed by atoms with E-state index in [0.29, 0.717) is 12.0 Å². The van der Waals surface area contributed by atoms with Gasteiger partial charge in [0, 0.05) is 0 Å². The Morgan fingerprint density at radius 1 is 1.21 bits per heavy atom. The van der Waals surface area contributed by atoms with Crippen LogP contribution in [0.3, 0.4) is 0 Å². The van der Waals surface area contributed by atoms with Crippen molar-refractivity contribution in [2.24, 2.45) is 11.3 Å². The first-order valence-corrected chi connectivity index (χ1v) is 6.99. The van der Waals surface area contributed by atoms with Crippen LogP contribution in [0.2, 0.25) is 0 Å². The average Bonchev–Trinajstić information content (AvgIpc) is 2.31. The van der Waals surface area contributed by atoms with Gasteiger partial charge in [-0.15, -0.1) is 0 Å². The van der Waals surface area contributed by atoms with E-state index in [1.807, 2.05) is 0 Å². The Balaban J connectivity index is 2.79. The van der Waals surface area contributed by atoms with Gasteiger partial charge >= 0.3 is 0 Å². The molecule has 108 valence electrons. The van der Waals surface area contributed by atoms with Crippen LogP contribution in [0.25, 0.3) is 0 Å². The summed E-state index contributed by atoms with van der Waals surface area (Å²) in [5.41, 5.74) is 0.526. The Hall–Kier alpha value is -0.960. The smallest absolute Gasteiger partial charge is 0.126 e. The van der Waals surface area contributed by atoms with Crippen LogP contribution in [-0.4, -0.2) is 13.1 Å². The third-order valence-electron chi connectivity index (χ3n) is 3.52. The van der Waals surface area contributed by atoms with Gasteiger partial charge in [0.25, 0.3) is 0 Å².